The molecular formula is C21H20N4O5. The SMILES string of the molecule is COc1ccc(-c2ccc(=O)n(CCNC(=O)c3ccc([N+](=O)[O-])c(C)c3)n2)cc1. The maximum atomic E-state index is 12.3. The summed E-state index contributed by atoms with van der Waals surface area (Å²) in [5, 5.41) is 17.9. The minimum absolute atomic E-state index is 0.0438. The Morgan fingerprint density at radius 1 is 1.17 bits per heavy atom. The van der Waals surface area contributed by atoms with Crippen LogP contribution in [0.4, 0.5) is 5.69 Å². The van der Waals surface area contributed by atoms with Crippen molar-refractivity contribution in [1.29, 1.82) is 0 Å². The molecule has 154 valence electrons. The minimum Gasteiger partial charge on any atom is -0.497 e. The van der Waals surface area contributed by atoms with Crippen LogP contribution in [0.2, 0.25) is 0 Å². The van der Waals surface area contributed by atoms with E-state index in [-0.39, 0.29) is 30.2 Å². The molecule has 0 unspecified atom stereocenters. The van der Waals surface area contributed by atoms with E-state index in [0.29, 0.717) is 16.8 Å². The van der Waals surface area contributed by atoms with Crippen LogP contribution in [0.3, 0.4) is 0 Å². The molecule has 1 heterocycles. The van der Waals surface area contributed by atoms with Crippen molar-refractivity contribution in [3.8, 4) is 17.0 Å². The molecule has 1 aromatic heterocycles. The molecule has 9 heteroatoms. The second-order valence-corrected chi connectivity index (χ2v) is 6.52. The summed E-state index contributed by atoms with van der Waals surface area (Å²) < 4.78 is 6.42. The summed E-state index contributed by atoms with van der Waals surface area (Å²) in [6, 6.07) is 14.5. The van der Waals surface area contributed by atoms with E-state index in [9.17, 15) is 19.7 Å². The zero-order valence-electron chi connectivity index (χ0n) is 16.5. The normalized spacial score (nSPS) is 10.5. The first-order valence-electron chi connectivity index (χ1n) is 9.15. The van der Waals surface area contributed by atoms with Gasteiger partial charge in [0.2, 0.25) is 0 Å². The highest BCUT2D eigenvalue weighted by molar-refractivity contribution is 5.94. The highest BCUT2D eigenvalue weighted by Crippen LogP contribution is 2.20. The number of rotatable bonds is 7. The number of nitrogens with one attached hydrogen (secondary N) is 1. The lowest BCUT2D eigenvalue weighted by Crippen LogP contribution is -2.32. The maximum absolute atomic E-state index is 12.3. The van der Waals surface area contributed by atoms with Crippen LogP contribution in [0.25, 0.3) is 11.3 Å². The summed E-state index contributed by atoms with van der Waals surface area (Å²) in [6.45, 7) is 1.93. The number of nitro groups is 1. The van der Waals surface area contributed by atoms with E-state index in [4.69, 9.17) is 4.74 Å². The fourth-order valence-electron chi connectivity index (χ4n) is 2.90. The number of benzene rings is 2. The molecule has 9 nitrogen and oxygen atoms in total. The van der Waals surface area contributed by atoms with E-state index in [1.807, 2.05) is 12.1 Å². The third-order valence-electron chi connectivity index (χ3n) is 4.52. The van der Waals surface area contributed by atoms with E-state index in [2.05, 4.69) is 10.4 Å². The summed E-state index contributed by atoms with van der Waals surface area (Å²) in [5.41, 5.74) is 1.83. The quantitative estimate of drug-likeness (QED) is 0.474. The standard InChI is InChI=1S/C21H20N4O5/c1-14-13-16(5-9-19(14)25(28)29)21(27)22-11-12-24-20(26)10-8-18(23-24)15-3-6-17(30-2)7-4-15/h3-10,13H,11-12H2,1-2H3,(H,22,27). The molecule has 0 fully saturated rings. The maximum Gasteiger partial charge on any atom is 0.272 e. The Hall–Kier alpha value is -4.01. The van der Waals surface area contributed by atoms with Crippen molar-refractivity contribution in [3.05, 3.63) is 86.2 Å². The van der Waals surface area contributed by atoms with Crippen molar-refractivity contribution >= 4 is 11.6 Å². The molecule has 0 bridgehead atoms. The van der Waals surface area contributed by atoms with Gasteiger partial charge in [0.05, 0.1) is 24.3 Å². The summed E-state index contributed by atoms with van der Waals surface area (Å²) in [5.74, 6) is 0.337. The number of nitro benzene ring substituents is 1. The third-order valence-corrected chi connectivity index (χ3v) is 4.52. The molecule has 0 aliphatic heterocycles. The van der Waals surface area contributed by atoms with Crippen LogP contribution in [0.1, 0.15) is 15.9 Å². The van der Waals surface area contributed by atoms with Gasteiger partial charge in [-0.15, -0.1) is 0 Å². The van der Waals surface area contributed by atoms with Crippen molar-refractivity contribution in [2.75, 3.05) is 13.7 Å². The Balaban J connectivity index is 1.67. The van der Waals surface area contributed by atoms with Crippen molar-refractivity contribution < 1.29 is 14.5 Å². The van der Waals surface area contributed by atoms with Gasteiger partial charge in [-0.3, -0.25) is 19.7 Å². The Labute approximate surface area is 172 Å². The van der Waals surface area contributed by atoms with E-state index in [1.54, 1.807) is 32.2 Å². The average molecular weight is 408 g/mol. The number of carbonyl (C=O) groups excluding carboxylic acids is 1. The average Bonchev–Trinajstić information content (AvgIpc) is 2.74. The second kappa shape index (κ2) is 8.99. The number of carbonyl (C=O) groups is 1. The lowest BCUT2D eigenvalue weighted by atomic mass is 10.1. The predicted octanol–water partition coefficient (Wildman–Crippen LogP) is 2.57. The first kappa shape index (κ1) is 20.7. The number of ether oxygens (including phenoxy) is 1. The molecule has 0 aliphatic carbocycles. The van der Waals surface area contributed by atoms with E-state index >= 15 is 0 Å². The number of nitrogens with zero attached hydrogens (tertiary/aromatic N) is 3. The molecule has 0 aliphatic rings. The molecule has 0 radical (unpaired) electrons. The third kappa shape index (κ3) is 4.69. The van der Waals surface area contributed by atoms with Gasteiger partial charge in [-0.1, -0.05) is 0 Å². The largest absolute Gasteiger partial charge is 0.497 e. The second-order valence-electron chi connectivity index (χ2n) is 6.52. The number of hydrogen-bond donors (Lipinski definition) is 1. The van der Waals surface area contributed by atoms with Crippen molar-refractivity contribution in [2.45, 2.75) is 13.5 Å². The van der Waals surface area contributed by atoms with Gasteiger partial charge >= 0.3 is 0 Å². The first-order valence-corrected chi connectivity index (χ1v) is 9.15. The Morgan fingerprint density at radius 2 is 1.90 bits per heavy atom. The number of methoxy groups -OCH3 is 1. The van der Waals surface area contributed by atoms with Gasteiger partial charge in [0.1, 0.15) is 5.75 Å². The molecule has 3 rings (SSSR count). The first-order chi connectivity index (χ1) is 14.4. The molecule has 2 aromatic carbocycles. The topological polar surface area (TPSA) is 116 Å². The van der Waals surface area contributed by atoms with Crippen LogP contribution >= 0.6 is 0 Å². The van der Waals surface area contributed by atoms with Crippen molar-refractivity contribution in [1.82, 2.24) is 15.1 Å². The van der Waals surface area contributed by atoms with Crippen LogP contribution in [0, 0.1) is 17.0 Å². The number of aromatic nitrogens is 2. The molecule has 0 saturated heterocycles. The van der Waals surface area contributed by atoms with Crippen LogP contribution < -0.4 is 15.6 Å². The van der Waals surface area contributed by atoms with Crippen LogP contribution in [-0.2, 0) is 6.54 Å². The number of aryl methyl sites for hydroxylation is 1. The van der Waals surface area contributed by atoms with Gasteiger partial charge < -0.3 is 10.1 Å². The van der Waals surface area contributed by atoms with Gasteiger partial charge in [0, 0.05) is 35.4 Å². The lowest BCUT2D eigenvalue weighted by molar-refractivity contribution is -0.385. The highest BCUT2D eigenvalue weighted by Gasteiger charge is 2.13. The summed E-state index contributed by atoms with van der Waals surface area (Å²) in [6.07, 6.45) is 0. The number of hydrogen-bond acceptors (Lipinski definition) is 6. The fourth-order valence-corrected chi connectivity index (χ4v) is 2.90. The summed E-state index contributed by atoms with van der Waals surface area (Å²) in [7, 11) is 1.58. The van der Waals surface area contributed by atoms with E-state index < -0.39 is 4.92 Å². The van der Waals surface area contributed by atoms with Crippen LogP contribution in [-0.4, -0.2) is 34.3 Å². The van der Waals surface area contributed by atoms with Crippen LogP contribution in [0.15, 0.2) is 59.4 Å². The monoisotopic (exact) mass is 408 g/mol. The zero-order chi connectivity index (χ0) is 21.7. The Kier molecular flexibility index (Phi) is 6.21. The van der Waals surface area contributed by atoms with Gasteiger partial charge in [0.15, 0.2) is 0 Å². The molecule has 0 saturated carbocycles. The minimum atomic E-state index is -0.495. The molecule has 3 aromatic rings. The number of amides is 1. The molecule has 1 N–H and O–H groups in total. The fraction of sp³-hybridized carbons (Fsp3) is 0.190. The van der Waals surface area contributed by atoms with Crippen molar-refractivity contribution in [3.63, 3.8) is 0 Å². The van der Waals surface area contributed by atoms with Gasteiger partial charge in [0.25, 0.3) is 17.2 Å². The van der Waals surface area contributed by atoms with Gasteiger partial charge in [-0.2, -0.15) is 5.10 Å². The molecule has 30 heavy (non-hydrogen) atoms. The molecular weight excluding hydrogens is 388 g/mol. The molecule has 0 spiro atoms. The van der Waals surface area contributed by atoms with Crippen LogP contribution in [0.5, 0.6) is 5.75 Å². The predicted molar refractivity (Wildman–Crippen MR) is 111 cm³/mol. The molecule has 0 atom stereocenters. The summed E-state index contributed by atoms with van der Waals surface area (Å²) in [4.78, 5) is 34.8. The lowest BCUT2D eigenvalue weighted by Gasteiger charge is -2.09. The van der Waals surface area contributed by atoms with E-state index in [1.165, 1.54) is 28.9 Å². The zero-order valence-corrected chi connectivity index (χ0v) is 16.5. The Morgan fingerprint density at radius 3 is 2.53 bits per heavy atom. The summed E-state index contributed by atoms with van der Waals surface area (Å²) >= 11 is 0. The van der Waals surface area contributed by atoms with Crippen molar-refractivity contribution in [2.24, 2.45) is 0 Å². The van der Waals surface area contributed by atoms with Gasteiger partial charge in [-0.25, -0.2) is 4.68 Å². The Bertz CT molecular complexity index is 1140. The molecule has 1 amide bonds. The van der Waals surface area contributed by atoms with Gasteiger partial charge in [-0.05, 0) is 49.4 Å². The smallest absolute Gasteiger partial charge is 0.272 e. The highest BCUT2D eigenvalue weighted by atomic mass is 16.6. The van der Waals surface area contributed by atoms with E-state index in [0.717, 1.165) is 11.3 Å².